The van der Waals surface area contributed by atoms with Crippen molar-refractivity contribution in [2.75, 3.05) is 28.3 Å². The van der Waals surface area contributed by atoms with Gasteiger partial charge < -0.3 is 24.2 Å². The molecule has 0 unspecified atom stereocenters. The van der Waals surface area contributed by atoms with Crippen LogP contribution in [0.2, 0.25) is 0 Å². The van der Waals surface area contributed by atoms with E-state index < -0.39 is 71.6 Å². The fourth-order valence-corrected chi connectivity index (χ4v) is 12.1. The standard InChI is InChI=1S/C20H16F3N7O2.C20H15F3N6O3.C20H17F3N6O2.C19H14F3N7O3.C2H6/c1-24-10-13-8-18(26-11-25-13)32-14-3-4-15-12(7-14)5-6-30(15)19(31)27-17-9-16(20(21,22)23)29(2)28-17;1-11(30)14-8-18(25-10-24-14)32-13-3-4-15-12(7-13)5-6-29(15)19(31)26-17-9-16(20(21,22)23)28(2)27-17;1-3-13-9-18(25-11-24-13)31-14-4-5-15-12(8-14)6-7-29(15)19(30)26-17-10-16(20(21,22)23)28(2)27-17;1-28-15(19(20,21)22)8-16(27-28)26-18(30)29-5-4-11-6-13(2-3-14(11)29)32-17-7-12(9-25-31)23-10-24-17;1-2/h3-11H,1-2H3,(H,27,28,31);3-10H,1-2H3,(H,26,27,31);4-11H,3H2,1-2H3,(H,26,27,30);2-10,31H,1H3,(H,26,27,30);1-2H3/b;;;25-9-;. The normalized spacial score (nSPS) is 11.6. The van der Waals surface area contributed by atoms with Crippen LogP contribution in [0.3, 0.4) is 0 Å². The molecule has 0 saturated heterocycles. The Morgan fingerprint density at radius 1 is 0.380 bits per heavy atom. The number of benzene rings is 4. The molecule has 0 bridgehead atoms. The van der Waals surface area contributed by atoms with Crippen LogP contribution in [0.25, 0.3) is 43.6 Å². The molecule has 0 aliphatic rings. The Kier molecular flexibility index (Phi) is 27.3. The summed E-state index contributed by atoms with van der Waals surface area (Å²) < 4.78 is 186. The summed E-state index contributed by atoms with van der Waals surface area (Å²) in [4.78, 5) is 97.6. The van der Waals surface area contributed by atoms with E-state index in [0.29, 0.717) is 108 Å². The molecule has 0 spiro atoms. The molecule has 16 aromatic rings. The lowest BCUT2D eigenvalue weighted by molar-refractivity contribution is -0.144. The predicted molar refractivity (Wildman–Crippen MR) is 440 cm³/mol. The number of anilines is 4. The van der Waals surface area contributed by atoms with Crippen LogP contribution in [0.1, 0.15) is 78.0 Å². The highest BCUT2D eigenvalue weighted by atomic mass is 19.4. The third-order valence-electron chi connectivity index (χ3n) is 17.9. The van der Waals surface area contributed by atoms with Crippen LogP contribution in [-0.2, 0) is 59.3 Å². The largest absolute Gasteiger partial charge is 0.439 e. The van der Waals surface area contributed by atoms with Crippen molar-refractivity contribution < 1.29 is 101 Å². The summed E-state index contributed by atoms with van der Waals surface area (Å²) in [7, 11) is 6.22. The minimum Gasteiger partial charge on any atom is -0.439 e. The molecule has 0 radical (unpaired) electrons. The molecule has 5 N–H and O–H groups in total. The predicted octanol–water partition coefficient (Wildman–Crippen LogP) is 17.9. The number of ketones is 1. The summed E-state index contributed by atoms with van der Waals surface area (Å²) in [6, 6.07) is 33.1. The smallest absolute Gasteiger partial charge is 0.433 e. The zero-order valence-electron chi connectivity index (χ0n) is 68.3. The molecule has 0 aliphatic heterocycles. The van der Waals surface area contributed by atoms with Crippen molar-refractivity contribution in [3.05, 3.63) is 241 Å². The van der Waals surface area contributed by atoms with Gasteiger partial charge >= 0.3 is 48.8 Å². The highest BCUT2D eigenvalue weighted by Gasteiger charge is 2.39. The topological polar surface area (TPSA) is 409 Å². The van der Waals surface area contributed by atoms with E-state index in [9.17, 15) is 76.7 Å². The van der Waals surface area contributed by atoms with Gasteiger partial charge in [0.2, 0.25) is 23.5 Å². The third-order valence-corrected chi connectivity index (χ3v) is 17.9. The molecule has 0 saturated carbocycles. The van der Waals surface area contributed by atoms with E-state index in [1.54, 1.807) is 122 Å². The van der Waals surface area contributed by atoms with Gasteiger partial charge in [-0.05, 0) is 103 Å². The van der Waals surface area contributed by atoms with E-state index in [4.69, 9.17) is 24.2 Å². The van der Waals surface area contributed by atoms with Gasteiger partial charge in [-0.25, -0.2) is 59.0 Å². The highest BCUT2D eigenvalue weighted by molar-refractivity contribution is 6.02. The molecular formula is C81H68F12N26O10. The van der Waals surface area contributed by atoms with E-state index >= 15 is 0 Å². The van der Waals surface area contributed by atoms with E-state index in [1.807, 2.05) is 20.8 Å². The molecule has 0 atom stereocenters. The number of fused-ring (bicyclic) bond motifs is 4. The zero-order valence-corrected chi connectivity index (χ0v) is 68.3. The van der Waals surface area contributed by atoms with Gasteiger partial charge in [0.05, 0.1) is 39.7 Å². The Morgan fingerprint density at radius 3 is 0.930 bits per heavy atom. The van der Waals surface area contributed by atoms with Crippen LogP contribution in [0.5, 0.6) is 46.5 Å². The SMILES string of the molecule is CC.CC(=O)c1cc(Oc2ccc3c(ccn3C(=O)Nc3cc(C(F)(F)F)n(C)n3)c2)ncn1.CCc1cc(Oc2ccc3c(ccn3C(=O)Nc3cc(C(F)(F)F)n(C)n3)c2)ncn1.CN=Cc1cc(Oc2ccc3c(ccn3C(=O)Nc3cc(C(F)(F)F)n(C)n3)c2)ncn1.Cn1nc(NC(=O)n2ccc3cc(Oc4cc(/C=N\O)ncn4)ccc32)cc1C(F)(F)F. The van der Waals surface area contributed by atoms with Gasteiger partial charge in [0, 0.05) is 149 Å². The molecule has 129 heavy (non-hydrogen) atoms. The quantitative estimate of drug-likeness (QED) is 0.0197. The number of nitrogens with one attached hydrogen (secondary N) is 4. The van der Waals surface area contributed by atoms with E-state index in [1.165, 1.54) is 87.4 Å². The van der Waals surface area contributed by atoms with Gasteiger partial charge in [0.1, 0.15) is 76.8 Å². The van der Waals surface area contributed by atoms with Crippen molar-refractivity contribution in [3.8, 4) is 46.5 Å². The van der Waals surface area contributed by atoms with Crippen molar-refractivity contribution in [1.29, 1.82) is 0 Å². The molecular weight excluding hydrogens is 1730 g/mol. The fourth-order valence-electron chi connectivity index (χ4n) is 12.1. The van der Waals surface area contributed by atoms with E-state index in [0.717, 1.165) is 70.8 Å². The molecule has 48 heteroatoms. The number of halogens is 12. The summed E-state index contributed by atoms with van der Waals surface area (Å²) in [6.45, 7) is 7.35. The fraction of sp³-hybridized carbons (Fsp3) is 0.173. The number of alkyl halides is 12. The number of aryl methyl sites for hydroxylation is 5. The van der Waals surface area contributed by atoms with Gasteiger partial charge in [-0.15, -0.1) is 0 Å². The van der Waals surface area contributed by atoms with Crippen LogP contribution in [0, 0.1) is 0 Å². The second-order valence-corrected chi connectivity index (χ2v) is 26.6. The van der Waals surface area contributed by atoms with Gasteiger partial charge in [0.25, 0.3) is 0 Å². The number of aromatic nitrogens is 20. The first-order chi connectivity index (χ1) is 61.3. The summed E-state index contributed by atoms with van der Waals surface area (Å²) in [5.74, 6) is 1.85. The molecule has 16 rings (SSSR count). The molecule has 12 heterocycles. The molecule has 0 aliphatic carbocycles. The van der Waals surface area contributed by atoms with Crippen molar-refractivity contribution in [1.82, 2.24) is 97.3 Å². The third kappa shape index (κ3) is 22.4. The molecule has 666 valence electrons. The number of carbonyl (C=O) groups is 5. The second-order valence-electron chi connectivity index (χ2n) is 26.6. The zero-order chi connectivity index (χ0) is 93.0. The number of nitrogens with zero attached hydrogens (tertiary/aromatic N) is 22. The number of Topliss-reactive ketones (excluding diaryl/α,β-unsaturated/α-hetero) is 1. The molecule has 4 amide bonds. The van der Waals surface area contributed by atoms with Crippen molar-refractivity contribution in [2.45, 2.75) is 58.8 Å². The van der Waals surface area contributed by atoms with Gasteiger partial charge in [-0.1, -0.05) is 25.9 Å². The van der Waals surface area contributed by atoms with Crippen LogP contribution in [-0.4, -0.2) is 152 Å². The van der Waals surface area contributed by atoms with Gasteiger partial charge in [0.15, 0.2) is 29.1 Å². The van der Waals surface area contributed by atoms with Crippen LogP contribution >= 0.6 is 0 Å². The van der Waals surface area contributed by atoms with Crippen molar-refractivity contribution in [3.63, 3.8) is 0 Å². The Labute approximate surface area is 717 Å². The van der Waals surface area contributed by atoms with Crippen molar-refractivity contribution >= 4 is 109 Å². The average molecular weight is 1790 g/mol. The summed E-state index contributed by atoms with van der Waals surface area (Å²) in [5, 5.41) is 38.4. The summed E-state index contributed by atoms with van der Waals surface area (Å²) >= 11 is 0. The number of aliphatic imine (C=N–C) groups is 1. The maximum absolute atomic E-state index is 12.9. The maximum atomic E-state index is 12.9. The minimum absolute atomic E-state index is 0.178. The number of hydrogen-bond donors (Lipinski definition) is 5. The monoisotopic (exact) mass is 1790 g/mol. The Morgan fingerprint density at radius 2 is 0.659 bits per heavy atom. The number of oxime groups is 1. The Hall–Kier alpha value is -16.8. The summed E-state index contributed by atoms with van der Waals surface area (Å²) in [6.07, 6.45) is -3.70. The van der Waals surface area contributed by atoms with E-state index in [2.05, 4.69) is 91.7 Å². The molecule has 0 fully saturated rings. The number of ether oxygens (including phenoxy) is 4. The number of carbonyl (C=O) groups excluding carboxylic acids is 5. The lowest BCUT2D eigenvalue weighted by Gasteiger charge is -2.07. The second kappa shape index (κ2) is 38.6. The number of hydrogen-bond acceptors (Lipinski definition) is 24. The first-order valence-electron chi connectivity index (χ1n) is 37.6. The lowest BCUT2D eigenvalue weighted by Crippen LogP contribution is -2.18. The minimum atomic E-state index is -4.59. The summed E-state index contributed by atoms with van der Waals surface area (Å²) in [5.41, 5.74) is 0.162. The maximum Gasteiger partial charge on any atom is 0.433 e. The van der Waals surface area contributed by atoms with E-state index in [-0.39, 0.29) is 46.5 Å². The first kappa shape index (κ1) is 91.5. The van der Waals surface area contributed by atoms with Crippen LogP contribution in [0.15, 0.2) is 206 Å². The van der Waals surface area contributed by atoms with Gasteiger partial charge in [-0.3, -0.25) is 68.0 Å². The highest BCUT2D eigenvalue weighted by Crippen LogP contribution is 2.37. The molecule has 4 aromatic carbocycles. The molecule has 36 nitrogen and oxygen atoms in total. The van der Waals surface area contributed by atoms with Crippen molar-refractivity contribution in [2.24, 2.45) is 38.3 Å². The Balaban J connectivity index is 0.000000155. The number of amides is 4. The van der Waals surface area contributed by atoms with Crippen LogP contribution < -0.4 is 40.2 Å². The van der Waals surface area contributed by atoms with Crippen LogP contribution in [0.4, 0.5) is 95.1 Å². The Bertz CT molecular complexity index is 6670. The average Bonchev–Trinajstić information content (AvgIpc) is 1.67. The van der Waals surface area contributed by atoms with Gasteiger partial charge in [-0.2, -0.15) is 73.1 Å². The molecule has 12 aromatic heterocycles. The first-order valence-corrected chi connectivity index (χ1v) is 37.6. The lowest BCUT2D eigenvalue weighted by atomic mass is 10.2. The number of rotatable bonds is 16.